The van der Waals surface area contributed by atoms with E-state index in [1.807, 2.05) is 61.5 Å². The van der Waals surface area contributed by atoms with Crippen LogP contribution in [0.5, 0.6) is 0 Å². The van der Waals surface area contributed by atoms with Gasteiger partial charge in [0.05, 0.1) is 22.5 Å². The molecular formula is C21H16N2O2. The lowest BCUT2D eigenvalue weighted by molar-refractivity contribution is 0.0654. The monoisotopic (exact) mass is 328 g/mol. The summed E-state index contributed by atoms with van der Waals surface area (Å²) < 4.78 is 0. The molecule has 0 fully saturated rings. The molecule has 25 heavy (non-hydrogen) atoms. The first-order valence-electron chi connectivity index (χ1n) is 8.06. The predicted molar refractivity (Wildman–Crippen MR) is 96.7 cm³/mol. The first-order chi connectivity index (χ1) is 12.2. The summed E-state index contributed by atoms with van der Waals surface area (Å²) in [5.74, 6) is -0.628. The fraction of sp³-hybridized carbons (Fsp3) is 0.0476. The number of hydrazine groups is 1. The van der Waals surface area contributed by atoms with Crippen molar-refractivity contribution >= 4 is 23.2 Å². The second kappa shape index (κ2) is 5.91. The van der Waals surface area contributed by atoms with E-state index in [1.54, 1.807) is 29.3 Å². The molecule has 2 amide bonds. The fourth-order valence-electron chi connectivity index (χ4n) is 3.07. The van der Waals surface area contributed by atoms with E-state index in [1.165, 1.54) is 5.01 Å². The fourth-order valence-corrected chi connectivity index (χ4v) is 3.07. The summed E-state index contributed by atoms with van der Waals surface area (Å²) >= 11 is 0. The Hall–Kier alpha value is -3.40. The van der Waals surface area contributed by atoms with Gasteiger partial charge in [-0.2, -0.15) is 5.01 Å². The molecule has 0 radical (unpaired) electrons. The van der Waals surface area contributed by atoms with Crippen LogP contribution in [-0.4, -0.2) is 16.8 Å². The number of carbonyl (C=O) groups is 2. The number of anilines is 2. The summed E-state index contributed by atoms with van der Waals surface area (Å²) in [6.45, 7) is 1.98. The van der Waals surface area contributed by atoms with Crippen molar-refractivity contribution in [3.8, 4) is 0 Å². The SMILES string of the molecule is Cc1cccc(N(c2ccccc2)N2C(=O)c3ccccc3C2=O)c1. The van der Waals surface area contributed by atoms with E-state index in [0.29, 0.717) is 11.1 Å². The van der Waals surface area contributed by atoms with Crippen molar-refractivity contribution in [2.24, 2.45) is 0 Å². The maximum atomic E-state index is 12.9. The van der Waals surface area contributed by atoms with E-state index in [-0.39, 0.29) is 11.8 Å². The summed E-state index contributed by atoms with van der Waals surface area (Å²) in [6, 6.07) is 24.1. The highest BCUT2D eigenvalue weighted by molar-refractivity contribution is 6.22. The second-order valence-electron chi connectivity index (χ2n) is 5.95. The number of fused-ring (bicyclic) bond motifs is 1. The molecule has 1 aliphatic heterocycles. The van der Waals surface area contributed by atoms with Gasteiger partial charge in [-0.1, -0.05) is 42.5 Å². The van der Waals surface area contributed by atoms with Gasteiger partial charge in [-0.15, -0.1) is 0 Å². The number of imide groups is 1. The molecule has 1 aliphatic rings. The molecule has 122 valence electrons. The quantitative estimate of drug-likeness (QED) is 0.671. The molecule has 4 rings (SSSR count). The number of benzene rings is 3. The average Bonchev–Trinajstić information content (AvgIpc) is 2.89. The molecule has 0 atom stereocenters. The lowest BCUT2D eigenvalue weighted by Crippen LogP contribution is -2.43. The summed E-state index contributed by atoms with van der Waals surface area (Å²) in [5.41, 5.74) is 3.43. The molecule has 3 aromatic rings. The van der Waals surface area contributed by atoms with Crippen molar-refractivity contribution in [3.63, 3.8) is 0 Å². The van der Waals surface area contributed by atoms with Gasteiger partial charge in [0, 0.05) is 0 Å². The van der Waals surface area contributed by atoms with Gasteiger partial charge in [-0.05, 0) is 48.9 Å². The standard InChI is InChI=1S/C21H16N2O2/c1-15-8-7-11-17(14-15)22(16-9-3-2-4-10-16)23-20(24)18-12-5-6-13-19(18)21(23)25/h2-14H,1H3. The molecule has 3 aromatic carbocycles. The summed E-state index contributed by atoms with van der Waals surface area (Å²) in [6.07, 6.45) is 0. The van der Waals surface area contributed by atoms with Crippen LogP contribution in [0.1, 0.15) is 26.3 Å². The van der Waals surface area contributed by atoms with Crippen LogP contribution in [0.3, 0.4) is 0 Å². The average molecular weight is 328 g/mol. The minimum absolute atomic E-state index is 0.314. The van der Waals surface area contributed by atoms with Crippen molar-refractivity contribution in [1.82, 2.24) is 5.01 Å². The number of hydrogen-bond donors (Lipinski definition) is 0. The van der Waals surface area contributed by atoms with Crippen LogP contribution in [0.2, 0.25) is 0 Å². The predicted octanol–water partition coefficient (Wildman–Crippen LogP) is 4.34. The Kier molecular flexibility index (Phi) is 3.58. The van der Waals surface area contributed by atoms with Crippen molar-refractivity contribution in [2.75, 3.05) is 5.01 Å². The molecule has 0 spiro atoms. The zero-order valence-corrected chi connectivity index (χ0v) is 13.7. The van der Waals surface area contributed by atoms with Crippen LogP contribution in [0.4, 0.5) is 11.4 Å². The third-order valence-electron chi connectivity index (χ3n) is 4.22. The highest BCUT2D eigenvalue weighted by atomic mass is 16.2. The Morgan fingerprint density at radius 2 is 1.24 bits per heavy atom. The first-order valence-corrected chi connectivity index (χ1v) is 8.06. The van der Waals surface area contributed by atoms with Gasteiger partial charge in [0.25, 0.3) is 11.8 Å². The molecule has 0 N–H and O–H groups in total. The maximum absolute atomic E-state index is 12.9. The number of amides is 2. The van der Waals surface area contributed by atoms with Gasteiger partial charge in [-0.25, -0.2) is 5.01 Å². The number of nitrogens with zero attached hydrogens (tertiary/aromatic N) is 2. The van der Waals surface area contributed by atoms with Crippen molar-refractivity contribution in [3.05, 3.63) is 95.6 Å². The minimum Gasteiger partial charge on any atom is -0.267 e. The molecule has 4 heteroatoms. The van der Waals surface area contributed by atoms with E-state index in [9.17, 15) is 9.59 Å². The number of hydrogen-bond acceptors (Lipinski definition) is 3. The molecule has 0 unspecified atom stereocenters. The number of aryl methyl sites for hydroxylation is 1. The van der Waals surface area contributed by atoms with Crippen molar-refractivity contribution in [1.29, 1.82) is 0 Å². The normalized spacial score (nSPS) is 13.1. The van der Waals surface area contributed by atoms with Crippen LogP contribution < -0.4 is 5.01 Å². The van der Waals surface area contributed by atoms with E-state index >= 15 is 0 Å². The molecule has 0 aliphatic carbocycles. The van der Waals surface area contributed by atoms with Crippen LogP contribution in [0, 0.1) is 6.92 Å². The van der Waals surface area contributed by atoms with E-state index in [0.717, 1.165) is 16.9 Å². The number of rotatable bonds is 3. The van der Waals surface area contributed by atoms with Gasteiger partial charge in [0.2, 0.25) is 0 Å². The first kappa shape index (κ1) is 15.1. The largest absolute Gasteiger partial charge is 0.281 e. The number of para-hydroxylation sites is 1. The lowest BCUT2D eigenvalue weighted by Gasteiger charge is -2.32. The second-order valence-corrected chi connectivity index (χ2v) is 5.95. The van der Waals surface area contributed by atoms with Gasteiger partial charge >= 0.3 is 0 Å². The molecule has 0 saturated heterocycles. The topological polar surface area (TPSA) is 40.6 Å². The number of carbonyl (C=O) groups excluding carboxylic acids is 2. The molecule has 4 nitrogen and oxygen atoms in total. The van der Waals surface area contributed by atoms with Gasteiger partial charge < -0.3 is 0 Å². The van der Waals surface area contributed by atoms with E-state index in [4.69, 9.17) is 0 Å². The zero-order chi connectivity index (χ0) is 17.4. The smallest absolute Gasteiger partial charge is 0.267 e. The summed E-state index contributed by atoms with van der Waals surface area (Å²) in [7, 11) is 0. The van der Waals surface area contributed by atoms with Crippen LogP contribution in [-0.2, 0) is 0 Å². The molecular weight excluding hydrogens is 312 g/mol. The Morgan fingerprint density at radius 3 is 1.84 bits per heavy atom. The molecule has 0 aromatic heterocycles. The molecule has 1 heterocycles. The van der Waals surface area contributed by atoms with Crippen LogP contribution in [0.15, 0.2) is 78.9 Å². The van der Waals surface area contributed by atoms with E-state index < -0.39 is 0 Å². The Bertz CT molecular complexity index is 931. The van der Waals surface area contributed by atoms with Crippen LogP contribution >= 0.6 is 0 Å². The minimum atomic E-state index is -0.314. The lowest BCUT2D eigenvalue weighted by atomic mass is 10.1. The summed E-state index contributed by atoms with van der Waals surface area (Å²) in [5, 5.41) is 2.90. The van der Waals surface area contributed by atoms with Gasteiger partial charge in [-0.3, -0.25) is 9.59 Å². The van der Waals surface area contributed by atoms with Gasteiger partial charge in [0.1, 0.15) is 0 Å². The van der Waals surface area contributed by atoms with Crippen molar-refractivity contribution < 1.29 is 9.59 Å². The highest BCUT2D eigenvalue weighted by Gasteiger charge is 2.40. The Balaban J connectivity index is 1.88. The maximum Gasteiger partial charge on any atom is 0.281 e. The van der Waals surface area contributed by atoms with Gasteiger partial charge in [0.15, 0.2) is 0 Å². The Morgan fingerprint density at radius 1 is 0.680 bits per heavy atom. The highest BCUT2D eigenvalue weighted by Crippen LogP contribution is 2.33. The molecule has 0 saturated carbocycles. The van der Waals surface area contributed by atoms with Crippen LogP contribution in [0.25, 0.3) is 0 Å². The van der Waals surface area contributed by atoms with Crippen molar-refractivity contribution in [2.45, 2.75) is 6.92 Å². The third kappa shape index (κ3) is 2.48. The summed E-state index contributed by atoms with van der Waals surface area (Å²) in [4.78, 5) is 25.9. The zero-order valence-electron chi connectivity index (χ0n) is 13.7. The third-order valence-corrected chi connectivity index (χ3v) is 4.22. The Labute approximate surface area is 145 Å². The molecule has 0 bridgehead atoms. The van der Waals surface area contributed by atoms with E-state index in [2.05, 4.69) is 0 Å².